The van der Waals surface area contributed by atoms with Crippen molar-refractivity contribution in [3.8, 4) is 0 Å². The van der Waals surface area contributed by atoms with Gasteiger partial charge in [-0.1, -0.05) is 12.1 Å². The maximum absolute atomic E-state index is 12.0. The molecule has 1 aliphatic rings. The van der Waals surface area contributed by atoms with Crippen LogP contribution >= 0.6 is 0 Å². The smallest absolute Gasteiger partial charge is 0.261 e. The molecule has 18 heavy (non-hydrogen) atoms. The number of carbonyl (C=O) groups excluding carboxylic acids is 2. The van der Waals surface area contributed by atoms with Gasteiger partial charge in [-0.3, -0.25) is 19.5 Å². The van der Waals surface area contributed by atoms with Gasteiger partial charge in [0.15, 0.2) is 0 Å². The average molecular weight is 243 g/mol. The van der Waals surface area contributed by atoms with E-state index < -0.39 is 0 Å². The highest BCUT2D eigenvalue weighted by Crippen LogP contribution is 2.21. The monoisotopic (exact) mass is 243 g/mol. The quantitative estimate of drug-likeness (QED) is 0.477. The van der Waals surface area contributed by atoms with E-state index in [0.717, 1.165) is 0 Å². The molecule has 92 valence electrons. The summed E-state index contributed by atoms with van der Waals surface area (Å²) in [6, 6.07) is 6.85. The van der Waals surface area contributed by atoms with Crippen LogP contribution in [-0.4, -0.2) is 36.5 Å². The zero-order chi connectivity index (χ0) is 13.0. The van der Waals surface area contributed by atoms with E-state index in [1.807, 2.05) is 0 Å². The summed E-state index contributed by atoms with van der Waals surface area (Å²) in [6.45, 7) is 4.10. The third-order valence-electron chi connectivity index (χ3n) is 2.66. The third-order valence-corrected chi connectivity index (χ3v) is 2.66. The number of benzene rings is 1. The Bertz CT molecular complexity index is 488. The van der Waals surface area contributed by atoms with Crippen LogP contribution in [0.2, 0.25) is 0 Å². The van der Waals surface area contributed by atoms with Crippen LogP contribution in [0.5, 0.6) is 0 Å². The number of rotatable bonds is 5. The van der Waals surface area contributed by atoms with Gasteiger partial charge >= 0.3 is 0 Å². The molecule has 5 nitrogen and oxygen atoms in total. The van der Waals surface area contributed by atoms with Gasteiger partial charge in [0.25, 0.3) is 11.8 Å². The Balaban J connectivity index is 2.00. The van der Waals surface area contributed by atoms with Crippen molar-refractivity contribution in [3.05, 3.63) is 47.8 Å². The molecule has 1 aromatic carbocycles. The number of imide groups is 1. The number of carbonyl (C=O) groups is 2. The molecule has 2 amide bonds. The molecule has 0 spiro atoms. The van der Waals surface area contributed by atoms with Gasteiger partial charge in [-0.2, -0.15) is 0 Å². The summed E-state index contributed by atoms with van der Waals surface area (Å²) in [5, 5.41) is 2.92. The maximum Gasteiger partial charge on any atom is 0.261 e. The first-order valence-electron chi connectivity index (χ1n) is 5.55. The van der Waals surface area contributed by atoms with E-state index in [2.05, 4.69) is 17.0 Å². The van der Waals surface area contributed by atoms with Crippen LogP contribution < -0.4 is 5.32 Å². The Morgan fingerprint density at radius 1 is 1.22 bits per heavy atom. The number of aliphatic imine (C=N–C) groups is 1. The molecular formula is C13H13N3O2. The highest BCUT2D eigenvalue weighted by atomic mass is 16.2. The molecule has 0 unspecified atom stereocenters. The first kappa shape index (κ1) is 12.0. The number of hydrogen-bond acceptors (Lipinski definition) is 4. The van der Waals surface area contributed by atoms with Crippen molar-refractivity contribution in [1.29, 1.82) is 0 Å². The summed E-state index contributed by atoms with van der Waals surface area (Å²) in [7, 11) is 0. The molecular weight excluding hydrogens is 230 g/mol. The lowest BCUT2D eigenvalue weighted by Crippen LogP contribution is -2.35. The van der Waals surface area contributed by atoms with Crippen LogP contribution in [0.15, 0.2) is 41.7 Å². The molecule has 5 heteroatoms. The Labute approximate surface area is 105 Å². The Morgan fingerprint density at radius 2 is 1.83 bits per heavy atom. The van der Waals surface area contributed by atoms with E-state index in [1.165, 1.54) is 11.1 Å². The van der Waals surface area contributed by atoms with Crippen LogP contribution in [-0.2, 0) is 0 Å². The minimum absolute atomic E-state index is 0.233. The summed E-state index contributed by atoms with van der Waals surface area (Å²) < 4.78 is 0. The standard InChI is InChI=1S/C13H13N3O2/c1-14-6-7-15-8-9-16-12(17)10-4-2-3-5-11(10)13(16)18/h2-7,15H,1,8-9H2/b7-6-. The van der Waals surface area contributed by atoms with E-state index in [-0.39, 0.29) is 11.8 Å². The summed E-state index contributed by atoms with van der Waals surface area (Å²) in [5.74, 6) is -0.466. The Kier molecular flexibility index (Phi) is 3.52. The van der Waals surface area contributed by atoms with E-state index in [9.17, 15) is 9.59 Å². The van der Waals surface area contributed by atoms with Crippen molar-refractivity contribution in [3.63, 3.8) is 0 Å². The number of hydrogen-bond donors (Lipinski definition) is 1. The molecule has 0 saturated carbocycles. The number of amides is 2. The second kappa shape index (κ2) is 5.27. The predicted molar refractivity (Wildman–Crippen MR) is 68.5 cm³/mol. The van der Waals surface area contributed by atoms with Gasteiger partial charge < -0.3 is 5.32 Å². The zero-order valence-electron chi connectivity index (χ0n) is 9.80. The lowest BCUT2D eigenvalue weighted by atomic mass is 10.1. The molecule has 1 N–H and O–H groups in total. The van der Waals surface area contributed by atoms with Gasteiger partial charge in [-0.25, -0.2) is 0 Å². The zero-order valence-corrected chi connectivity index (χ0v) is 9.80. The average Bonchev–Trinajstić information content (AvgIpc) is 2.64. The summed E-state index contributed by atoms with van der Waals surface area (Å²) in [6.07, 6.45) is 3.12. The van der Waals surface area contributed by atoms with E-state index in [4.69, 9.17) is 0 Å². The molecule has 0 aliphatic carbocycles. The fourth-order valence-electron chi connectivity index (χ4n) is 1.81. The Hall–Kier alpha value is -2.43. The lowest BCUT2D eigenvalue weighted by molar-refractivity contribution is 0.0657. The van der Waals surface area contributed by atoms with E-state index in [1.54, 1.807) is 30.5 Å². The molecule has 0 saturated heterocycles. The van der Waals surface area contributed by atoms with Crippen molar-refractivity contribution < 1.29 is 9.59 Å². The van der Waals surface area contributed by atoms with Crippen LogP contribution in [0.3, 0.4) is 0 Å². The number of fused-ring (bicyclic) bond motifs is 1. The fraction of sp³-hybridized carbons (Fsp3) is 0.154. The molecule has 0 fully saturated rings. The maximum atomic E-state index is 12.0. The molecule has 1 aliphatic heterocycles. The predicted octanol–water partition coefficient (Wildman–Crippen LogP) is 1.04. The first-order chi connectivity index (χ1) is 8.75. The van der Waals surface area contributed by atoms with Crippen molar-refractivity contribution in [2.45, 2.75) is 0 Å². The van der Waals surface area contributed by atoms with Crippen molar-refractivity contribution in [2.75, 3.05) is 13.1 Å². The van der Waals surface area contributed by atoms with Crippen LogP contribution in [0.1, 0.15) is 20.7 Å². The van der Waals surface area contributed by atoms with Gasteiger partial charge in [0.2, 0.25) is 0 Å². The van der Waals surface area contributed by atoms with Crippen molar-refractivity contribution >= 4 is 18.5 Å². The van der Waals surface area contributed by atoms with E-state index in [0.29, 0.717) is 24.2 Å². The van der Waals surface area contributed by atoms with Crippen LogP contribution in [0.4, 0.5) is 0 Å². The van der Waals surface area contributed by atoms with Gasteiger partial charge in [0, 0.05) is 25.5 Å². The molecule has 0 bridgehead atoms. The summed E-state index contributed by atoms with van der Waals surface area (Å²) in [4.78, 5) is 28.7. The molecule has 2 rings (SSSR count). The SMILES string of the molecule is C=N/C=C\NCCN1C(=O)c2ccccc2C1=O. The highest BCUT2D eigenvalue weighted by Gasteiger charge is 2.34. The number of nitrogens with one attached hydrogen (secondary N) is 1. The molecule has 1 aromatic rings. The van der Waals surface area contributed by atoms with Gasteiger partial charge in [-0.05, 0) is 18.9 Å². The first-order valence-corrected chi connectivity index (χ1v) is 5.55. The topological polar surface area (TPSA) is 61.8 Å². The number of nitrogens with zero attached hydrogens (tertiary/aromatic N) is 2. The second-order valence-electron chi connectivity index (χ2n) is 3.76. The molecule has 0 atom stereocenters. The minimum atomic E-state index is -0.233. The third kappa shape index (κ3) is 2.15. The molecule has 0 radical (unpaired) electrons. The normalized spacial score (nSPS) is 14.1. The van der Waals surface area contributed by atoms with Crippen LogP contribution in [0, 0.1) is 0 Å². The summed E-state index contributed by atoms with van der Waals surface area (Å²) >= 11 is 0. The second-order valence-corrected chi connectivity index (χ2v) is 3.76. The van der Waals surface area contributed by atoms with Gasteiger partial charge in [0.05, 0.1) is 11.1 Å². The largest absolute Gasteiger partial charge is 0.388 e. The highest BCUT2D eigenvalue weighted by molar-refractivity contribution is 6.21. The lowest BCUT2D eigenvalue weighted by Gasteiger charge is -2.13. The molecule has 0 aromatic heterocycles. The van der Waals surface area contributed by atoms with Crippen molar-refractivity contribution in [2.24, 2.45) is 4.99 Å². The van der Waals surface area contributed by atoms with Gasteiger partial charge in [-0.15, -0.1) is 0 Å². The van der Waals surface area contributed by atoms with Gasteiger partial charge in [0.1, 0.15) is 0 Å². The minimum Gasteiger partial charge on any atom is -0.388 e. The summed E-state index contributed by atoms with van der Waals surface area (Å²) in [5.41, 5.74) is 0.955. The van der Waals surface area contributed by atoms with Crippen molar-refractivity contribution in [1.82, 2.24) is 10.2 Å². The van der Waals surface area contributed by atoms with E-state index >= 15 is 0 Å². The fourth-order valence-corrected chi connectivity index (χ4v) is 1.81. The Morgan fingerprint density at radius 3 is 2.39 bits per heavy atom. The molecule has 1 heterocycles. The van der Waals surface area contributed by atoms with Crippen LogP contribution in [0.25, 0.3) is 0 Å².